The Hall–Kier alpha value is -2.31. The van der Waals surface area contributed by atoms with Crippen molar-refractivity contribution in [1.82, 2.24) is 0 Å². The highest BCUT2D eigenvalue weighted by Gasteiger charge is 2.18. The number of amides is 1. The highest BCUT2D eigenvalue weighted by Crippen LogP contribution is 2.34. The Bertz CT molecular complexity index is 726. The maximum Gasteiger partial charge on any atom is 0.292 e. The first-order chi connectivity index (χ1) is 10.4. The number of hydrogen-bond acceptors (Lipinski definition) is 4. The molecule has 2 aromatic rings. The molecule has 114 valence electrons. The van der Waals surface area contributed by atoms with Crippen LogP contribution < -0.4 is 10.1 Å². The van der Waals surface area contributed by atoms with Crippen LogP contribution in [0.3, 0.4) is 0 Å². The van der Waals surface area contributed by atoms with Gasteiger partial charge in [-0.2, -0.15) is 0 Å². The van der Waals surface area contributed by atoms with E-state index in [0.29, 0.717) is 0 Å². The maximum absolute atomic E-state index is 12.2. The van der Waals surface area contributed by atoms with Crippen molar-refractivity contribution in [3.05, 3.63) is 62.1 Å². The third kappa shape index (κ3) is 3.29. The average Bonchev–Trinajstić information content (AvgIpc) is 2.47. The van der Waals surface area contributed by atoms with Gasteiger partial charge in [0.05, 0.1) is 22.1 Å². The third-order valence-electron chi connectivity index (χ3n) is 2.81. The van der Waals surface area contributed by atoms with E-state index >= 15 is 0 Å². The summed E-state index contributed by atoms with van der Waals surface area (Å²) in [6, 6.07) is 8.56. The second kappa shape index (κ2) is 6.64. The minimum absolute atomic E-state index is 0.0839. The first-order valence-corrected chi connectivity index (χ1v) is 6.77. The fraction of sp³-hybridized carbons (Fsp3) is 0.0714. The quantitative estimate of drug-likeness (QED) is 0.669. The van der Waals surface area contributed by atoms with Gasteiger partial charge in [-0.25, -0.2) is 0 Å². The highest BCUT2D eigenvalue weighted by atomic mass is 35.5. The number of halogens is 2. The number of hydrogen-bond donors (Lipinski definition) is 1. The molecule has 1 N–H and O–H groups in total. The van der Waals surface area contributed by atoms with E-state index in [-0.39, 0.29) is 32.7 Å². The summed E-state index contributed by atoms with van der Waals surface area (Å²) >= 11 is 11.9. The van der Waals surface area contributed by atoms with E-state index in [9.17, 15) is 14.9 Å². The molecule has 0 aliphatic rings. The molecule has 0 bridgehead atoms. The normalized spacial score (nSPS) is 10.1. The topological polar surface area (TPSA) is 81.5 Å². The van der Waals surface area contributed by atoms with E-state index < -0.39 is 10.8 Å². The van der Waals surface area contributed by atoms with Crippen molar-refractivity contribution >= 4 is 40.5 Å². The molecule has 0 fully saturated rings. The molecule has 0 spiro atoms. The number of methoxy groups -OCH3 is 1. The first-order valence-electron chi connectivity index (χ1n) is 6.02. The Morgan fingerprint density at radius 1 is 1.23 bits per heavy atom. The zero-order chi connectivity index (χ0) is 16.3. The molecule has 2 aromatic carbocycles. The van der Waals surface area contributed by atoms with Crippen LogP contribution in [-0.2, 0) is 0 Å². The van der Waals surface area contributed by atoms with E-state index in [2.05, 4.69) is 5.32 Å². The lowest BCUT2D eigenvalue weighted by Gasteiger charge is -2.09. The number of nitrogens with one attached hydrogen (secondary N) is 1. The van der Waals surface area contributed by atoms with E-state index in [1.165, 1.54) is 37.4 Å². The van der Waals surface area contributed by atoms with Crippen LogP contribution in [0.2, 0.25) is 10.0 Å². The van der Waals surface area contributed by atoms with Crippen molar-refractivity contribution in [2.75, 3.05) is 12.4 Å². The number of nitro benzene ring substituents is 1. The monoisotopic (exact) mass is 340 g/mol. The number of carbonyl (C=O) groups excluding carboxylic acids is 1. The van der Waals surface area contributed by atoms with Gasteiger partial charge >= 0.3 is 0 Å². The molecule has 6 nitrogen and oxygen atoms in total. The summed E-state index contributed by atoms with van der Waals surface area (Å²) in [5, 5.41) is 13.7. The van der Waals surface area contributed by atoms with Gasteiger partial charge in [0.15, 0.2) is 5.75 Å². The van der Waals surface area contributed by atoms with Crippen molar-refractivity contribution in [2.45, 2.75) is 0 Å². The van der Waals surface area contributed by atoms with Crippen LogP contribution >= 0.6 is 23.2 Å². The number of ether oxygens (including phenoxy) is 1. The van der Waals surface area contributed by atoms with Gasteiger partial charge in [-0.3, -0.25) is 14.9 Å². The minimum Gasteiger partial charge on any atom is -0.494 e. The van der Waals surface area contributed by atoms with Crippen LogP contribution in [0.1, 0.15) is 10.4 Å². The van der Waals surface area contributed by atoms with Gasteiger partial charge in [0.1, 0.15) is 5.69 Å². The summed E-state index contributed by atoms with van der Waals surface area (Å²) in [7, 11) is 1.40. The zero-order valence-electron chi connectivity index (χ0n) is 11.3. The lowest BCUT2D eigenvalue weighted by atomic mass is 10.2. The molecule has 8 heteroatoms. The number of nitro groups is 1. The summed E-state index contributed by atoms with van der Waals surface area (Å²) < 4.78 is 4.99. The second-order valence-corrected chi connectivity index (χ2v) is 5.02. The van der Waals surface area contributed by atoms with Crippen LogP contribution in [0.4, 0.5) is 11.4 Å². The number of benzene rings is 2. The Morgan fingerprint density at radius 3 is 2.36 bits per heavy atom. The molecular weight excluding hydrogens is 331 g/mol. The maximum atomic E-state index is 12.2. The molecule has 0 heterocycles. The fourth-order valence-corrected chi connectivity index (χ4v) is 2.46. The molecule has 2 rings (SSSR count). The molecule has 0 aromatic heterocycles. The largest absolute Gasteiger partial charge is 0.494 e. The van der Waals surface area contributed by atoms with Crippen LogP contribution in [0, 0.1) is 10.1 Å². The SMILES string of the molecule is COc1c(Cl)cc(C(=O)Nc2ccccc2[N+](=O)[O-])cc1Cl. The Morgan fingerprint density at radius 2 is 1.82 bits per heavy atom. The Kier molecular flexibility index (Phi) is 4.85. The lowest BCUT2D eigenvalue weighted by molar-refractivity contribution is -0.383. The summed E-state index contributed by atoms with van der Waals surface area (Å²) in [6.07, 6.45) is 0. The standard InChI is InChI=1S/C14H10Cl2N2O4/c1-22-13-9(15)6-8(7-10(13)16)14(19)17-11-4-2-3-5-12(11)18(20)21/h2-7H,1H3,(H,17,19). The molecule has 0 aliphatic carbocycles. The predicted molar refractivity (Wildman–Crippen MR) is 84.1 cm³/mol. The smallest absolute Gasteiger partial charge is 0.292 e. The Labute approximate surface area is 135 Å². The van der Waals surface area contributed by atoms with Crippen LogP contribution in [-0.4, -0.2) is 17.9 Å². The third-order valence-corrected chi connectivity index (χ3v) is 3.38. The molecule has 0 aliphatic heterocycles. The average molecular weight is 341 g/mol. The number of rotatable bonds is 4. The van der Waals surface area contributed by atoms with Gasteiger partial charge in [0.2, 0.25) is 0 Å². The molecule has 22 heavy (non-hydrogen) atoms. The molecule has 0 saturated carbocycles. The van der Waals surface area contributed by atoms with Gasteiger partial charge in [-0.05, 0) is 18.2 Å². The van der Waals surface area contributed by atoms with Gasteiger partial charge in [-0.1, -0.05) is 35.3 Å². The predicted octanol–water partition coefficient (Wildman–Crippen LogP) is 4.16. The first kappa shape index (κ1) is 16.1. The van der Waals surface area contributed by atoms with E-state index in [0.717, 1.165) is 0 Å². The molecule has 1 amide bonds. The highest BCUT2D eigenvalue weighted by molar-refractivity contribution is 6.37. The van der Waals surface area contributed by atoms with E-state index in [4.69, 9.17) is 27.9 Å². The van der Waals surface area contributed by atoms with Gasteiger partial charge in [-0.15, -0.1) is 0 Å². The number of carbonyl (C=O) groups is 1. The molecular formula is C14H10Cl2N2O4. The number of para-hydroxylation sites is 2. The van der Waals surface area contributed by atoms with Gasteiger partial charge in [0.25, 0.3) is 11.6 Å². The number of anilines is 1. The lowest BCUT2D eigenvalue weighted by Crippen LogP contribution is -2.13. The Balaban J connectivity index is 2.33. The summed E-state index contributed by atoms with van der Waals surface area (Å²) in [5.41, 5.74) is 0.0380. The van der Waals surface area contributed by atoms with Crippen LogP contribution in [0.5, 0.6) is 5.75 Å². The molecule has 0 saturated heterocycles. The van der Waals surface area contributed by atoms with Crippen molar-refractivity contribution in [3.8, 4) is 5.75 Å². The second-order valence-electron chi connectivity index (χ2n) is 4.20. The van der Waals surface area contributed by atoms with Crippen molar-refractivity contribution < 1.29 is 14.5 Å². The number of nitrogens with zero attached hydrogens (tertiary/aromatic N) is 1. The minimum atomic E-state index is -0.580. The summed E-state index contributed by atoms with van der Waals surface area (Å²) in [6.45, 7) is 0. The van der Waals surface area contributed by atoms with Crippen LogP contribution in [0.15, 0.2) is 36.4 Å². The van der Waals surface area contributed by atoms with Crippen molar-refractivity contribution in [1.29, 1.82) is 0 Å². The molecule has 0 radical (unpaired) electrons. The van der Waals surface area contributed by atoms with Crippen molar-refractivity contribution in [3.63, 3.8) is 0 Å². The zero-order valence-corrected chi connectivity index (χ0v) is 12.8. The van der Waals surface area contributed by atoms with E-state index in [1.807, 2.05) is 0 Å². The molecule has 0 unspecified atom stereocenters. The van der Waals surface area contributed by atoms with Gasteiger partial charge in [0, 0.05) is 11.6 Å². The summed E-state index contributed by atoms with van der Waals surface area (Å²) in [4.78, 5) is 22.5. The fourth-order valence-electron chi connectivity index (χ4n) is 1.82. The van der Waals surface area contributed by atoms with Gasteiger partial charge < -0.3 is 10.1 Å². The van der Waals surface area contributed by atoms with Crippen LogP contribution in [0.25, 0.3) is 0 Å². The molecule has 0 atom stereocenters. The van der Waals surface area contributed by atoms with E-state index in [1.54, 1.807) is 6.07 Å². The summed E-state index contributed by atoms with van der Waals surface area (Å²) in [5.74, 6) is -0.314. The van der Waals surface area contributed by atoms with Crippen molar-refractivity contribution in [2.24, 2.45) is 0 Å².